The molecule has 0 unspecified atom stereocenters. The van der Waals surface area contributed by atoms with Crippen LogP contribution in [0.3, 0.4) is 0 Å². The van der Waals surface area contributed by atoms with E-state index in [1.54, 1.807) is 7.11 Å². The zero-order valence-electron chi connectivity index (χ0n) is 17.0. The summed E-state index contributed by atoms with van der Waals surface area (Å²) < 4.78 is 16.7. The number of hydrogen-bond acceptors (Lipinski definition) is 8. The number of nitrogens with zero attached hydrogens (tertiary/aromatic N) is 3. The second-order valence-electron chi connectivity index (χ2n) is 6.31. The molecule has 2 heterocycles. The van der Waals surface area contributed by atoms with Crippen LogP contribution in [0, 0.1) is 0 Å². The number of aromatic nitrogens is 3. The summed E-state index contributed by atoms with van der Waals surface area (Å²) in [6.07, 6.45) is 1.54. The van der Waals surface area contributed by atoms with Crippen molar-refractivity contribution in [2.45, 2.75) is 13.8 Å². The second-order valence-corrected chi connectivity index (χ2v) is 7.13. The molecule has 0 aliphatic rings. The van der Waals surface area contributed by atoms with Gasteiger partial charge in [-0.1, -0.05) is 23.5 Å². The van der Waals surface area contributed by atoms with E-state index in [1.807, 2.05) is 55.6 Å². The van der Waals surface area contributed by atoms with Gasteiger partial charge in [-0.15, -0.1) is 0 Å². The summed E-state index contributed by atoms with van der Waals surface area (Å²) in [6, 6.07) is 11.8. The molecule has 2 aromatic carbocycles. The molecule has 0 atom stereocenters. The van der Waals surface area contributed by atoms with Crippen molar-refractivity contribution in [3.05, 3.63) is 48.1 Å². The molecule has 0 bridgehead atoms. The summed E-state index contributed by atoms with van der Waals surface area (Å²) in [7, 11) is 1.62. The number of benzene rings is 2. The van der Waals surface area contributed by atoms with Crippen molar-refractivity contribution in [2.75, 3.05) is 25.6 Å². The maximum Gasteiger partial charge on any atom is 0.273 e. The first-order chi connectivity index (χ1) is 14.7. The number of ether oxygens (including phenoxy) is 3. The van der Waals surface area contributed by atoms with Crippen LogP contribution in [0.4, 0.5) is 11.5 Å². The van der Waals surface area contributed by atoms with Crippen LogP contribution in [0.25, 0.3) is 22.2 Å². The van der Waals surface area contributed by atoms with Crippen LogP contribution >= 0.6 is 11.3 Å². The monoisotopic (exact) mass is 422 g/mol. The first-order valence-electron chi connectivity index (χ1n) is 9.63. The molecule has 0 aliphatic heterocycles. The van der Waals surface area contributed by atoms with Crippen LogP contribution in [0.15, 0.2) is 48.1 Å². The van der Waals surface area contributed by atoms with Crippen LogP contribution in [0.2, 0.25) is 0 Å². The van der Waals surface area contributed by atoms with Crippen molar-refractivity contribution in [3.63, 3.8) is 0 Å². The number of thiazole rings is 1. The highest BCUT2D eigenvalue weighted by Crippen LogP contribution is 2.35. The molecular formula is C22H22N4O3S. The van der Waals surface area contributed by atoms with Crippen molar-refractivity contribution in [2.24, 2.45) is 0 Å². The molecule has 0 amide bonds. The normalized spacial score (nSPS) is 10.8. The van der Waals surface area contributed by atoms with E-state index < -0.39 is 0 Å². The number of nitrogens with one attached hydrogen (secondary N) is 1. The molecule has 0 radical (unpaired) electrons. The van der Waals surface area contributed by atoms with Crippen molar-refractivity contribution in [1.82, 2.24) is 15.0 Å². The minimum Gasteiger partial charge on any atom is -0.490 e. The van der Waals surface area contributed by atoms with Gasteiger partial charge in [-0.2, -0.15) is 0 Å². The van der Waals surface area contributed by atoms with Crippen LogP contribution in [-0.2, 0) is 0 Å². The summed E-state index contributed by atoms with van der Waals surface area (Å²) in [5.74, 6) is 2.04. The molecule has 7 nitrogen and oxygen atoms in total. The van der Waals surface area contributed by atoms with E-state index >= 15 is 0 Å². The van der Waals surface area contributed by atoms with Gasteiger partial charge in [-0.05, 0) is 32.0 Å². The third-order valence-corrected chi connectivity index (χ3v) is 5.18. The predicted molar refractivity (Wildman–Crippen MR) is 119 cm³/mol. The molecule has 154 valence electrons. The average Bonchev–Trinajstić information content (AvgIpc) is 3.25. The van der Waals surface area contributed by atoms with Crippen LogP contribution in [0.1, 0.15) is 13.8 Å². The third kappa shape index (κ3) is 4.13. The molecular weight excluding hydrogens is 400 g/mol. The highest BCUT2D eigenvalue weighted by molar-refractivity contribution is 7.11. The van der Waals surface area contributed by atoms with Gasteiger partial charge < -0.3 is 19.5 Å². The second kappa shape index (κ2) is 8.96. The zero-order chi connectivity index (χ0) is 20.9. The number of anilines is 2. The van der Waals surface area contributed by atoms with Gasteiger partial charge >= 0.3 is 0 Å². The minimum atomic E-state index is 0.543. The first-order valence-corrected chi connectivity index (χ1v) is 10.5. The van der Waals surface area contributed by atoms with Gasteiger partial charge in [0, 0.05) is 28.1 Å². The van der Waals surface area contributed by atoms with Crippen LogP contribution in [0.5, 0.6) is 16.7 Å². The van der Waals surface area contributed by atoms with Gasteiger partial charge in [-0.3, -0.25) is 0 Å². The largest absolute Gasteiger partial charge is 0.490 e. The Morgan fingerprint density at radius 3 is 2.53 bits per heavy atom. The van der Waals surface area contributed by atoms with E-state index in [-0.39, 0.29) is 0 Å². The standard InChI is InChI=1S/C22H22N4O3S/c1-4-28-19-10-16-17(11-20(19)29-5-2)23-13-24-21(16)25-15-8-6-7-14(9-15)18-12-30-22(26-18)27-3/h6-13H,4-5H2,1-3H3,(H,23,24,25). The van der Waals surface area contributed by atoms with Gasteiger partial charge in [0.1, 0.15) is 12.1 Å². The Morgan fingerprint density at radius 1 is 1.00 bits per heavy atom. The van der Waals surface area contributed by atoms with E-state index in [1.165, 1.54) is 17.7 Å². The molecule has 4 rings (SSSR count). The molecule has 0 spiro atoms. The van der Waals surface area contributed by atoms with Gasteiger partial charge in [0.05, 0.1) is 31.5 Å². The molecule has 0 saturated heterocycles. The van der Waals surface area contributed by atoms with Gasteiger partial charge in [-0.25, -0.2) is 15.0 Å². The van der Waals surface area contributed by atoms with Gasteiger partial charge in [0.2, 0.25) is 0 Å². The van der Waals surface area contributed by atoms with Gasteiger partial charge in [0.25, 0.3) is 5.19 Å². The van der Waals surface area contributed by atoms with Crippen molar-refractivity contribution in [3.8, 4) is 28.0 Å². The molecule has 0 saturated carbocycles. The lowest BCUT2D eigenvalue weighted by atomic mass is 10.1. The fraction of sp³-hybridized carbons (Fsp3) is 0.227. The smallest absolute Gasteiger partial charge is 0.273 e. The Morgan fingerprint density at radius 2 is 1.80 bits per heavy atom. The Hall–Kier alpha value is -3.39. The van der Waals surface area contributed by atoms with Gasteiger partial charge in [0.15, 0.2) is 11.5 Å². The van der Waals surface area contributed by atoms with E-state index in [4.69, 9.17) is 14.2 Å². The fourth-order valence-corrected chi connectivity index (χ4v) is 3.73. The molecule has 8 heteroatoms. The predicted octanol–water partition coefficient (Wildman–Crippen LogP) is 5.30. The zero-order valence-corrected chi connectivity index (χ0v) is 17.8. The van der Waals surface area contributed by atoms with E-state index in [9.17, 15) is 0 Å². The van der Waals surface area contributed by atoms with Crippen LogP contribution < -0.4 is 19.5 Å². The van der Waals surface area contributed by atoms with E-state index in [2.05, 4.69) is 20.3 Å². The topological polar surface area (TPSA) is 78.4 Å². The van der Waals surface area contributed by atoms with Crippen LogP contribution in [-0.4, -0.2) is 35.3 Å². The Labute approximate surface area is 178 Å². The molecule has 4 aromatic rings. The Balaban J connectivity index is 1.70. The lowest BCUT2D eigenvalue weighted by Crippen LogP contribution is -2.01. The van der Waals surface area contributed by atoms with Crippen molar-refractivity contribution >= 4 is 33.7 Å². The quantitative estimate of drug-likeness (QED) is 0.413. The minimum absolute atomic E-state index is 0.543. The molecule has 2 aromatic heterocycles. The molecule has 1 N–H and O–H groups in total. The fourth-order valence-electron chi connectivity index (χ4n) is 3.08. The number of rotatable bonds is 8. The maximum absolute atomic E-state index is 5.77. The maximum atomic E-state index is 5.77. The Bertz CT molecular complexity index is 1160. The van der Waals surface area contributed by atoms with E-state index in [0.717, 1.165) is 27.8 Å². The SMILES string of the molecule is CCOc1cc2ncnc(Nc3cccc(-c4csc(OC)n4)c3)c2cc1OCC. The number of hydrogen-bond donors (Lipinski definition) is 1. The van der Waals surface area contributed by atoms with Crippen molar-refractivity contribution < 1.29 is 14.2 Å². The lowest BCUT2D eigenvalue weighted by Gasteiger charge is -2.14. The number of methoxy groups -OCH3 is 1. The molecule has 0 fully saturated rings. The first kappa shape index (κ1) is 19.9. The highest BCUT2D eigenvalue weighted by atomic mass is 32.1. The summed E-state index contributed by atoms with van der Waals surface area (Å²) in [4.78, 5) is 13.3. The number of fused-ring (bicyclic) bond motifs is 1. The highest BCUT2D eigenvalue weighted by Gasteiger charge is 2.13. The summed E-state index contributed by atoms with van der Waals surface area (Å²) in [5, 5.41) is 6.86. The molecule has 30 heavy (non-hydrogen) atoms. The summed E-state index contributed by atoms with van der Waals surface area (Å²) >= 11 is 1.47. The Kier molecular flexibility index (Phi) is 5.94. The average molecular weight is 423 g/mol. The van der Waals surface area contributed by atoms with Crippen molar-refractivity contribution in [1.29, 1.82) is 0 Å². The van der Waals surface area contributed by atoms with E-state index in [0.29, 0.717) is 35.7 Å². The summed E-state index contributed by atoms with van der Waals surface area (Å²) in [6.45, 7) is 4.98. The third-order valence-electron chi connectivity index (χ3n) is 4.38. The summed E-state index contributed by atoms with van der Waals surface area (Å²) in [5.41, 5.74) is 3.53. The lowest BCUT2D eigenvalue weighted by molar-refractivity contribution is 0.288. The molecule has 0 aliphatic carbocycles.